The van der Waals surface area contributed by atoms with Crippen molar-refractivity contribution in [2.24, 2.45) is 5.92 Å². The minimum Gasteiger partial charge on any atom is -0.616 e. The van der Waals surface area contributed by atoms with Crippen LogP contribution in [-0.2, 0) is 17.7 Å². The molecular formula is C35H34N4O6S. The van der Waals surface area contributed by atoms with Crippen LogP contribution >= 0.6 is 0 Å². The summed E-state index contributed by atoms with van der Waals surface area (Å²) in [4.78, 5) is 35.9. The Bertz CT molecular complexity index is 1920. The number of nitrogens with one attached hydrogen (secondary N) is 1. The van der Waals surface area contributed by atoms with Gasteiger partial charge in [0.05, 0.1) is 25.9 Å². The quantitative estimate of drug-likeness (QED) is 0.195. The molecule has 236 valence electrons. The molecule has 5 aromatic rings. The number of amides is 1. The number of pyridine rings is 3. The third-order valence-corrected chi connectivity index (χ3v) is 9.46. The molecule has 11 heteroatoms. The number of rotatable bonds is 9. The molecule has 10 nitrogen and oxygen atoms in total. The topological polar surface area (TPSA) is 128 Å². The molecule has 1 amide bonds. The molecule has 46 heavy (non-hydrogen) atoms. The first kappa shape index (κ1) is 31.1. The number of nitrogens with zero attached hydrogens (tertiary/aromatic N) is 3. The average Bonchev–Trinajstić information content (AvgIpc) is 3.07. The predicted molar refractivity (Wildman–Crippen MR) is 179 cm³/mol. The zero-order valence-electron chi connectivity index (χ0n) is 25.8. The third kappa shape index (κ3) is 6.85. The normalized spacial score (nSPS) is 16.2. The molecule has 6 rings (SSSR count). The molecule has 0 atom stereocenters. The minimum atomic E-state index is -0.768. The molecule has 3 aromatic heterocycles. The van der Waals surface area contributed by atoms with Gasteiger partial charge in [-0.05, 0) is 55.5 Å². The lowest BCUT2D eigenvalue weighted by molar-refractivity contribution is 0.102. The first-order valence-electron chi connectivity index (χ1n) is 14.9. The van der Waals surface area contributed by atoms with Crippen molar-refractivity contribution in [1.29, 1.82) is 0 Å². The number of fused-ring (bicyclic) bond motifs is 1. The highest BCUT2D eigenvalue weighted by Crippen LogP contribution is 2.37. The fraction of sp³-hybridized carbons (Fsp3) is 0.257. The smallest absolute Gasteiger partial charge is 0.262 e. The summed E-state index contributed by atoms with van der Waals surface area (Å²) < 4.78 is 30.7. The number of anilines is 1. The van der Waals surface area contributed by atoms with Crippen molar-refractivity contribution in [2.75, 3.05) is 31.0 Å². The Balaban J connectivity index is 1.24. The molecule has 1 aliphatic heterocycles. The van der Waals surface area contributed by atoms with Crippen LogP contribution in [-0.4, -0.2) is 50.7 Å². The van der Waals surface area contributed by atoms with Crippen molar-refractivity contribution < 1.29 is 23.6 Å². The molecule has 0 aliphatic carbocycles. The summed E-state index contributed by atoms with van der Waals surface area (Å²) in [6, 6.07) is 16.3. The molecule has 0 spiro atoms. The highest BCUT2D eigenvalue weighted by molar-refractivity contribution is 7.91. The van der Waals surface area contributed by atoms with Gasteiger partial charge in [0, 0.05) is 42.2 Å². The summed E-state index contributed by atoms with van der Waals surface area (Å²) in [5.74, 6) is 3.47. The Kier molecular flexibility index (Phi) is 9.23. The van der Waals surface area contributed by atoms with Crippen molar-refractivity contribution in [3.8, 4) is 34.1 Å². The van der Waals surface area contributed by atoms with Crippen LogP contribution in [0, 0.1) is 12.8 Å². The molecule has 1 saturated heterocycles. The summed E-state index contributed by atoms with van der Waals surface area (Å²) in [7, 11) is 3.13. The van der Waals surface area contributed by atoms with Crippen LogP contribution in [0.1, 0.15) is 28.8 Å². The van der Waals surface area contributed by atoms with E-state index < -0.39 is 17.1 Å². The van der Waals surface area contributed by atoms with Gasteiger partial charge in [-0.15, -0.1) is 0 Å². The second-order valence-corrected chi connectivity index (χ2v) is 12.9. The van der Waals surface area contributed by atoms with Crippen LogP contribution < -0.4 is 25.0 Å². The SMILES string of the molecule is COc1cc2nccc(Oc3ccc(NC(=O)c4cn(CC5CC[S+]([O-])CC5)cc(-c5ccc(C)cc5)c4=O)nc3)c2cc1OC. The van der Waals surface area contributed by atoms with Crippen molar-refractivity contribution in [2.45, 2.75) is 26.3 Å². The zero-order valence-corrected chi connectivity index (χ0v) is 26.6. The molecule has 1 N–H and O–H groups in total. The van der Waals surface area contributed by atoms with Gasteiger partial charge in [0.2, 0.25) is 5.43 Å². The number of carbonyl (C=O) groups is 1. The van der Waals surface area contributed by atoms with Gasteiger partial charge in [0.1, 0.15) is 34.4 Å². The lowest BCUT2D eigenvalue weighted by Gasteiger charge is -2.25. The number of ether oxygens (including phenoxy) is 3. The van der Waals surface area contributed by atoms with Crippen molar-refractivity contribution in [1.82, 2.24) is 14.5 Å². The van der Waals surface area contributed by atoms with E-state index in [0.29, 0.717) is 58.0 Å². The number of aryl methyl sites for hydroxylation is 1. The monoisotopic (exact) mass is 638 g/mol. The minimum absolute atomic E-state index is 0.0206. The van der Waals surface area contributed by atoms with Crippen LogP contribution in [0.25, 0.3) is 22.0 Å². The van der Waals surface area contributed by atoms with Crippen molar-refractivity contribution >= 4 is 33.8 Å². The van der Waals surface area contributed by atoms with Crippen molar-refractivity contribution in [3.05, 3.63) is 101 Å². The molecule has 0 saturated carbocycles. The van der Waals surface area contributed by atoms with E-state index in [9.17, 15) is 14.1 Å². The molecule has 0 radical (unpaired) electrons. The van der Waals surface area contributed by atoms with Gasteiger partial charge in [-0.3, -0.25) is 14.6 Å². The van der Waals surface area contributed by atoms with Gasteiger partial charge in [-0.1, -0.05) is 41.0 Å². The summed E-state index contributed by atoms with van der Waals surface area (Å²) in [5.41, 5.74) is 2.59. The maximum Gasteiger partial charge on any atom is 0.262 e. The van der Waals surface area contributed by atoms with Gasteiger partial charge in [0.15, 0.2) is 11.5 Å². The lowest BCUT2D eigenvalue weighted by atomic mass is 10.0. The Labute approximate surface area is 269 Å². The van der Waals surface area contributed by atoms with E-state index in [-0.39, 0.29) is 16.8 Å². The number of carbonyl (C=O) groups excluding carboxylic acids is 1. The molecular weight excluding hydrogens is 604 g/mol. The summed E-state index contributed by atoms with van der Waals surface area (Å²) in [6.45, 7) is 2.61. The standard InChI is InChI=1S/C35H34N4O6S/c1-22-4-6-24(7-5-22)27-20-39(19-23-11-14-46(42)15-12-23)21-28(34(27)40)35(41)38-33-9-8-25(18-37-33)45-30-10-13-36-29-17-32(44-3)31(43-2)16-26(29)30/h4-10,13,16-18,20-21,23H,11-12,14-15,19H2,1-3H3,(H,37,38,41). The average molecular weight is 639 g/mol. The second-order valence-electron chi connectivity index (χ2n) is 11.2. The number of benzene rings is 2. The number of hydrogen-bond acceptors (Lipinski definition) is 8. The molecule has 4 heterocycles. The molecule has 0 unspecified atom stereocenters. The van der Waals surface area contributed by atoms with E-state index in [0.717, 1.165) is 29.4 Å². The van der Waals surface area contributed by atoms with Crippen LogP contribution in [0.4, 0.5) is 5.82 Å². The first-order chi connectivity index (χ1) is 22.3. The molecule has 0 bridgehead atoms. The number of hydrogen-bond donors (Lipinski definition) is 1. The maximum absolute atomic E-state index is 13.6. The van der Waals surface area contributed by atoms with Crippen LogP contribution in [0.2, 0.25) is 0 Å². The van der Waals surface area contributed by atoms with Gasteiger partial charge in [0.25, 0.3) is 5.91 Å². The van der Waals surface area contributed by atoms with Gasteiger partial charge >= 0.3 is 0 Å². The highest BCUT2D eigenvalue weighted by atomic mass is 32.2. The molecule has 2 aromatic carbocycles. The van der Waals surface area contributed by atoms with Crippen LogP contribution in [0.15, 0.2) is 84.2 Å². The Morgan fingerprint density at radius 3 is 2.41 bits per heavy atom. The summed E-state index contributed by atoms with van der Waals surface area (Å²) >= 11 is -0.768. The zero-order chi connectivity index (χ0) is 32.2. The second kappa shape index (κ2) is 13.6. The Morgan fingerprint density at radius 2 is 1.72 bits per heavy atom. The van der Waals surface area contributed by atoms with Gasteiger partial charge < -0.3 is 28.6 Å². The maximum atomic E-state index is 13.6. The van der Waals surface area contributed by atoms with E-state index in [4.69, 9.17) is 14.2 Å². The third-order valence-electron chi connectivity index (χ3n) is 8.08. The summed E-state index contributed by atoms with van der Waals surface area (Å²) in [5, 5.41) is 3.50. The van der Waals surface area contributed by atoms with E-state index in [1.165, 1.54) is 6.20 Å². The lowest BCUT2D eigenvalue weighted by Crippen LogP contribution is -2.28. The highest BCUT2D eigenvalue weighted by Gasteiger charge is 2.23. The largest absolute Gasteiger partial charge is 0.616 e. The number of aromatic nitrogens is 3. The van der Waals surface area contributed by atoms with Crippen molar-refractivity contribution in [3.63, 3.8) is 0 Å². The van der Waals surface area contributed by atoms with Crippen LogP contribution in [0.5, 0.6) is 23.0 Å². The summed E-state index contributed by atoms with van der Waals surface area (Å²) in [6.07, 6.45) is 8.24. The Hall–Kier alpha value is -4.87. The first-order valence-corrected chi connectivity index (χ1v) is 16.4. The van der Waals surface area contributed by atoms with Gasteiger partial charge in [-0.2, -0.15) is 0 Å². The van der Waals surface area contributed by atoms with E-state index in [2.05, 4.69) is 15.3 Å². The fourth-order valence-electron chi connectivity index (χ4n) is 5.52. The molecule has 1 aliphatic rings. The van der Waals surface area contributed by atoms with E-state index in [1.807, 2.05) is 42.0 Å². The molecule has 1 fully saturated rings. The number of methoxy groups -OCH3 is 2. The van der Waals surface area contributed by atoms with E-state index in [1.54, 1.807) is 56.9 Å². The predicted octanol–water partition coefficient (Wildman–Crippen LogP) is 5.99. The fourth-order valence-corrected chi connectivity index (χ4v) is 6.92. The van der Waals surface area contributed by atoms with Gasteiger partial charge in [-0.25, -0.2) is 4.98 Å². The Morgan fingerprint density at radius 1 is 0.978 bits per heavy atom. The van der Waals surface area contributed by atoms with E-state index >= 15 is 0 Å². The van der Waals surface area contributed by atoms with Crippen LogP contribution in [0.3, 0.4) is 0 Å².